The highest BCUT2D eigenvalue weighted by Crippen LogP contribution is 2.15. The second kappa shape index (κ2) is 7.15. The lowest BCUT2D eigenvalue weighted by Gasteiger charge is -2.20. The van der Waals surface area contributed by atoms with Crippen molar-refractivity contribution in [2.24, 2.45) is 0 Å². The molecular weight excluding hydrogens is 289 g/mol. The summed E-state index contributed by atoms with van der Waals surface area (Å²) in [4.78, 5) is 0. The van der Waals surface area contributed by atoms with Gasteiger partial charge in [-0.3, -0.25) is 0 Å². The van der Waals surface area contributed by atoms with Gasteiger partial charge in [-0.25, -0.2) is 0 Å². The van der Waals surface area contributed by atoms with Gasteiger partial charge in [0.25, 0.3) is 0 Å². The third-order valence-corrected chi connectivity index (χ3v) is 2.37. The number of hydrogen-bond donors (Lipinski definition) is 1. The van der Waals surface area contributed by atoms with Gasteiger partial charge in [0.05, 0.1) is 0 Å². The SMILES string of the molecule is CC(C)(C)NCCOc1ccc(Br)cc1.Cl. The van der Waals surface area contributed by atoms with Gasteiger partial charge in [-0.15, -0.1) is 12.4 Å². The van der Waals surface area contributed by atoms with Crippen LogP contribution in [-0.4, -0.2) is 18.7 Å². The first-order valence-corrected chi connectivity index (χ1v) is 5.90. The van der Waals surface area contributed by atoms with Gasteiger partial charge >= 0.3 is 0 Å². The van der Waals surface area contributed by atoms with Gasteiger partial charge in [0, 0.05) is 16.6 Å². The van der Waals surface area contributed by atoms with Crippen LogP contribution in [0.3, 0.4) is 0 Å². The minimum absolute atomic E-state index is 0. The summed E-state index contributed by atoms with van der Waals surface area (Å²) in [6, 6.07) is 7.88. The van der Waals surface area contributed by atoms with E-state index in [2.05, 4.69) is 42.0 Å². The molecule has 1 aromatic rings. The first kappa shape index (κ1) is 15.8. The number of benzene rings is 1. The molecule has 0 aliphatic carbocycles. The predicted molar refractivity (Wildman–Crippen MR) is 74.6 cm³/mol. The molecule has 0 saturated heterocycles. The largest absolute Gasteiger partial charge is 0.492 e. The molecule has 0 radical (unpaired) electrons. The van der Waals surface area contributed by atoms with Crippen LogP contribution in [0.4, 0.5) is 0 Å². The van der Waals surface area contributed by atoms with Crippen LogP contribution >= 0.6 is 28.3 Å². The zero-order valence-electron chi connectivity index (χ0n) is 9.92. The maximum absolute atomic E-state index is 5.57. The van der Waals surface area contributed by atoms with Crippen molar-refractivity contribution in [2.75, 3.05) is 13.2 Å². The summed E-state index contributed by atoms with van der Waals surface area (Å²) in [6.45, 7) is 7.99. The van der Waals surface area contributed by atoms with Crippen molar-refractivity contribution in [3.05, 3.63) is 28.7 Å². The fourth-order valence-electron chi connectivity index (χ4n) is 1.13. The van der Waals surface area contributed by atoms with Gasteiger partial charge < -0.3 is 10.1 Å². The summed E-state index contributed by atoms with van der Waals surface area (Å²) in [5.74, 6) is 0.911. The second-order valence-corrected chi connectivity index (χ2v) is 5.39. The van der Waals surface area contributed by atoms with E-state index in [1.54, 1.807) is 0 Å². The third kappa shape index (κ3) is 7.09. The monoisotopic (exact) mass is 307 g/mol. The first-order chi connectivity index (χ1) is 6.97. The minimum atomic E-state index is 0. The van der Waals surface area contributed by atoms with Gasteiger partial charge in [0.2, 0.25) is 0 Å². The van der Waals surface area contributed by atoms with E-state index in [0.29, 0.717) is 6.61 Å². The third-order valence-electron chi connectivity index (χ3n) is 1.84. The maximum atomic E-state index is 5.57. The van der Waals surface area contributed by atoms with E-state index in [4.69, 9.17) is 4.74 Å². The normalized spacial score (nSPS) is 10.8. The summed E-state index contributed by atoms with van der Waals surface area (Å²) in [7, 11) is 0. The van der Waals surface area contributed by atoms with Crippen LogP contribution in [0.25, 0.3) is 0 Å². The maximum Gasteiger partial charge on any atom is 0.119 e. The Bertz CT molecular complexity index is 295. The Morgan fingerprint density at radius 1 is 1.19 bits per heavy atom. The molecule has 0 heterocycles. The molecule has 0 aliphatic rings. The van der Waals surface area contributed by atoms with Crippen LogP contribution in [0, 0.1) is 0 Å². The van der Waals surface area contributed by atoms with Gasteiger partial charge in [0.1, 0.15) is 12.4 Å². The molecule has 0 aliphatic heterocycles. The van der Waals surface area contributed by atoms with Crippen LogP contribution in [0.5, 0.6) is 5.75 Å². The van der Waals surface area contributed by atoms with E-state index >= 15 is 0 Å². The second-order valence-electron chi connectivity index (χ2n) is 4.48. The fraction of sp³-hybridized carbons (Fsp3) is 0.500. The highest BCUT2D eigenvalue weighted by Gasteiger charge is 2.07. The molecule has 0 saturated carbocycles. The van der Waals surface area contributed by atoms with E-state index in [-0.39, 0.29) is 17.9 Å². The molecule has 1 rings (SSSR count). The zero-order valence-corrected chi connectivity index (χ0v) is 12.3. The Hall–Kier alpha value is -0.250. The van der Waals surface area contributed by atoms with E-state index in [1.165, 1.54) is 0 Å². The van der Waals surface area contributed by atoms with Crippen molar-refractivity contribution in [1.82, 2.24) is 5.32 Å². The van der Waals surface area contributed by atoms with E-state index in [9.17, 15) is 0 Å². The first-order valence-electron chi connectivity index (χ1n) is 5.11. The summed E-state index contributed by atoms with van der Waals surface area (Å²) in [5, 5.41) is 3.37. The van der Waals surface area contributed by atoms with Crippen LogP contribution in [-0.2, 0) is 0 Å². The molecular formula is C12H19BrClNO. The quantitative estimate of drug-likeness (QED) is 0.858. The molecule has 2 nitrogen and oxygen atoms in total. The van der Waals surface area contributed by atoms with Crippen LogP contribution in [0.1, 0.15) is 20.8 Å². The molecule has 92 valence electrons. The Kier molecular flexibility index (Phi) is 7.04. The van der Waals surface area contributed by atoms with Crippen molar-refractivity contribution in [3.63, 3.8) is 0 Å². The highest BCUT2D eigenvalue weighted by molar-refractivity contribution is 9.10. The Morgan fingerprint density at radius 2 is 1.75 bits per heavy atom. The molecule has 16 heavy (non-hydrogen) atoms. The summed E-state index contributed by atoms with van der Waals surface area (Å²) >= 11 is 3.39. The molecule has 1 N–H and O–H groups in total. The number of ether oxygens (including phenoxy) is 1. The molecule has 0 spiro atoms. The van der Waals surface area contributed by atoms with Gasteiger partial charge in [-0.05, 0) is 45.0 Å². The Morgan fingerprint density at radius 3 is 2.25 bits per heavy atom. The highest BCUT2D eigenvalue weighted by atomic mass is 79.9. The number of rotatable bonds is 4. The fourth-order valence-corrected chi connectivity index (χ4v) is 1.39. The summed E-state index contributed by atoms with van der Waals surface area (Å²) in [6.07, 6.45) is 0. The average molecular weight is 309 g/mol. The predicted octanol–water partition coefficient (Wildman–Crippen LogP) is 3.64. The molecule has 0 bridgehead atoms. The molecule has 0 unspecified atom stereocenters. The van der Waals surface area contributed by atoms with Gasteiger partial charge in [-0.1, -0.05) is 15.9 Å². The Balaban J connectivity index is 0.00000225. The average Bonchev–Trinajstić information content (AvgIpc) is 2.14. The van der Waals surface area contributed by atoms with E-state index in [1.807, 2.05) is 24.3 Å². The topological polar surface area (TPSA) is 21.3 Å². The van der Waals surface area contributed by atoms with Crippen molar-refractivity contribution in [3.8, 4) is 5.75 Å². The van der Waals surface area contributed by atoms with Gasteiger partial charge in [0.15, 0.2) is 0 Å². The molecule has 1 aromatic carbocycles. The molecule has 4 heteroatoms. The van der Waals surface area contributed by atoms with Crippen molar-refractivity contribution in [1.29, 1.82) is 0 Å². The van der Waals surface area contributed by atoms with Crippen molar-refractivity contribution >= 4 is 28.3 Å². The number of nitrogens with one attached hydrogen (secondary N) is 1. The summed E-state index contributed by atoms with van der Waals surface area (Å²) in [5.41, 5.74) is 0.156. The lowest BCUT2D eigenvalue weighted by Crippen LogP contribution is -2.38. The lowest BCUT2D eigenvalue weighted by atomic mass is 10.1. The van der Waals surface area contributed by atoms with Crippen LogP contribution in [0.15, 0.2) is 28.7 Å². The Labute approximate surface area is 112 Å². The standard InChI is InChI=1S/C12H18BrNO.ClH/c1-12(2,3)14-8-9-15-11-6-4-10(13)5-7-11;/h4-7,14H,8-9H2,1-3H3;1H. The van der Waals surface area contributed by atoms with Crippen molar-refractivity contribution < 1.29 is 4.74 Å². The van der Waals surface area contributed by atoms with Crippen molar-refractivity contribution in [2.45, 2.75) is 26.3 Å². The number of halogens is 2. The number of hydrogen-bond acceptors (Lipinski definition) is 2. The molecule has 0 fully saturated rings. The summed E-state index contributed by atoms with van der Waals surface area (Å²) < 4.78 is 6.64. The zero-order chi connectivity index (χ0) is 11.3. The molecule has 0 amide bonds. The minimum Gasteiger partial charge on any atom is -0.492 e. The smallest absolute Gasteiger partial charge is 0.119 e. The van der Waals surface area contributed by atoms with E-state index < -0.39 is 0 Å². The van der Waals surface area contributed by atoms with Gasteiger partial charge in [-0.2, -0.15) is 0 Å². The molecule has 0 aromatic heterocycles. The molecule has 0 atom stereocenters. The van der Waals surface area contributed by atoms with Crippen LogP contribution < -0.4 is 10.1 Å². The van der Waals surface area contributed by atoms with E-state index in [0.717, 1.165) is 16.8 Å². The lowest BCUT2D eigenvalue weighted by molar-refractivity contribution is 0.291. The van der Waals surface area contributed by atoms with Crippen LogP contribution in [0.2, 0.25) is 0 Å².